The highest BCUT2D eigenvalue weighted by Gasteiger charge is 2.32. The quantitative estimate of drug-likeness (QED) is 0.767. The summed E-state index contributed by atoms with van der Waals surface area (Å²) in [5, 5.41) is 0.459. The van der Waals surface area contributed by atoms with Gasteiger partial charge in [-0.05, 0) is 35.4 Å². The number of ether oxygens (including phenoxy) is 1. The van der Waals surface area contributed by atoms with Gasteiger partial charge in [-0.15, -0.1) is 13.2 Å². The number of rotatable bonds is 3. The summed E-state index contributed by atoms with van der Waals surface area (Å²) in [6.07, 6.45) is -4.55. The van der Waals surface area contributed by atoms with Gasteiger partial charge in [-0.3, -0.25) is 4.79 Å². The zero-order valence-electron chi connectivity index (χ0n) is 9.95. The average molecular weight is 301 g/mol. The number of carbonyl (C=O) groups excluding carboxylic acids is 1. The number of alkyl halides is 3. The van der Waals surface area contributed by atoms with Crippen LogP contribution in [0.3, 0.4) is 0 Å². The van der Waals surface area contributed by atoms with Crippen LogP contribution < -0.4 is 4.74 Å². The van der Waals surface area contributed by atoms with Crippen LogP contribution in [0.4, 0.5) is 13.2 Å². The predicted octanol–water partition coefficient (Wildman–Crippen LogP) is 4.72. The molecule has 0 fully saturated rings. The molecular formula is C14H8ClF3O2. The maximum Gasteiger partial charge on any atom is 0.573 e. The molecular weight excluding hydrogens is 293 g/mol. The van der Waals surface area contributed by atoms with Crippen molar-refractivity contribution < 1.29 is 22.7 Å². The number of hydrogen-bond acceptors (Lipinski definition) is 2. The fourth-order valence-electron chi connectivity index (χ4n) is 1.69. The molecule has 0 N–H and O–H groups in total. The molecule has 0 amide bonds. The van der Waals surface area contributed by atoms with E-state index in [4.69, 9.17) is 11.6 Å². The fourth-order valence-corrected chi connectivity index (χ4v) is 1.88. The lowest BCUT2D eigenvalue weighted by Gasteiger charge is -2.12. The van der Waals surface area contributed by atoms with Crippen molar-refractivity contribution in [3.63, 3.8) is 0 Å². The van der Waals surface area contributed by atoms with E-state index >= 15 is 0 Å². The summed E-state index contributed by atoms with van der Waals surface area (Å²) in [6.45, 7) is 0. The van der Waals surface area contributed by atoms with Gasteiger partial charge in [0.05, 0.1) is 5.56 Å². The van der Waals surface area contributed by atoms with Crippen molar-refractivity contribution in [2.75, 3.05) is 0 Å². The first-order chi connectivity index (χ1) is 9.39. The van der Waals surface area contributed by atoms with Gasteiger partial charge in [-0.2, -0.15) is 0 Å². The van der Waals surface area contributed by atoms with E-state index in [2.05, 4.69) is 4.74 Å². The Morgan fingerprint density at radius 3 is 2.35 bits per heavy atom. The largest absolute Gasteiger partial charge is 0.573 e. The van der Waals surface area contributed by atoms with Gasteiger partial charge in [0.15, 0.2) is 6.29 Å². The molecule has 0 spiro atoms. The Labute approximate surface area is 117 Å². The van der Waals surface area contributed by atoms with Crippen LogP contribution in [0, 0.1) is 0 Å². The molecule has 6 heteroatoms. The second-order valence-electron chi connectivity index (χ2n) is 3.93. The van der Waals surface area contributed by atoms with Gasteiger partial charge in [0.25, 0.3) is 0 Å². The molecule has 0 atom stereocenters. The molecule has 2 rings (SSSR count). The Morgan fingerprint density at radius 1 is 1.05 bits per heavy atom. The molecule has 2 nitrogen and oxygen atoms in total. The van der Waals surface area contributed by atoms with E-state index < -0.39 is 12.1 Å². The molecule has 0 aliphatic carbocycles. The Hall–Kier alpha value is -2.01. The molecule has 0 saturated heterocycles. The van der Waals surface area contributed by atoms with Gasteiger partial charge in [-0.1, -0.05) is 29.8 Å². The van der Waals surface area contributed by atoms with Gasteiger partial charge in [0.2, 0.25) is 0 Å². The number of benzene rings is 2. The Morgan fingerprint density at radius 2 is 1.75 bits per heavy atom. The number of hydrogen-bond donors (Lipinski definition) is 0. The van der Waals surface area contributed by atoms with E-state index in [1.54, 1.807) is 24.3 Å². The minimum Gasteiger partial charge on any atom is -0.405 e. The van der Waals surface area contributed by atoms with Crippen LogP contribution in [-0.4, -0.2) is 12.6 Å². The topological polar surface area (TPSA) is 26.3 Å². The second-order valence-corrected chi connectivity index (χ2v) is 4.37. The van der Waals surface area contributed by atoms with E-state index in [1.807, 2.05) is 0 Å². The van der Waals surface area contributed by atoms with Gasteiger partial charge < -0.3 is 4.74 Å². The van der Waals surface area contributed by atoms with Crippen molar-refractivity contribution in [3.8, 4) is 16.9 Å². The van der Waals surface area contributed by atoms with Crippen LogP contribution in [0.25, 0.3) is 11.1 Å². The third kappa shape index (κ3) is 3.51. The SMILES string of the molecule is O=Cc1ccc(-c2cccc(Cl)c2)cc1OC(F)(F)F. The molecule has 0 saturated carbocycles. The number of carbonyl (C=O) groups is 1. The van der Waals surface area contributed by atoms with Gasteiger partial charge >= 0.3 is 6.36 Å². The highest BCUT2D eigenvalue weighted by molar-refractivity contribution is 6.30. The van der Waals surface area contributed by atoms with Crippen LogP contribution in [0.15, 0.2) is 42.5 Å². The van der Waals surface area contributed by atoms with Crippen molar-refractivity contribution in [2.24, 2.45) is 0 Å². The lowest BCUT2D eigenvalue weighted by atomic mass is 10.0. The Balaban J connectivity index is 2.46. The fraction of sp³-hybridized carbons (Fsp3) is 0.0714. The molecule has 0 radical (unpaired) electrons. The first kappa shape index (κ1) is 14.4. The number of aldehydes is 1. The van der Waals surface area contributed by atoms with Crippen molar-refractivity contribution in [1.82, 2.24) is 0 Å². The number of halogens is 4. The summed E-state index contributed by atoms with van der Waals surface area (Å²) in [5.74, 6) is -0.537. The highest BCUT2D eigenvalue weighted by Crippen LogP contribution is 2.31. The summed E-state index contributed by atoms with van der Waals surface area (Å²) in [4.78, 5) is 10.7. The molecule has 0 aliphatic heterocycles. The van der Waals surface area contributed by atoms with Crippen molar-refractivity contribution in [3.05, 3.63) is 53.1 Å². The zero-order chi connectivity index (χ0) is 14.8. The zero-order valence-corrected chi connectivity index (χ0v) is 10.7. The molecule has 0 aromatic heterocycles. The maximum atomic E-state index is 12.3. The summed E-state index contributed by atoms with van der Waals surface area (Å²) >= 11 is 5.83. The lowest BCUT2D eigenvalue weighted by molar-refractivity contribution is -0.274. The first-order valence-corrected chi connectivity index (χ1v) is 5.88. The highest BCUT2D eigenvalue weighted by atomic mass is 35.5. The Kier molecular flexibility index (Phi) is 3.99. The predicted molar refractivity (Wildman–Crippen MR) is 69.0 cm³/mol. The average Bonchev–Trinajstić information content (AvgIpc) is 2.37. The van der Waals surface area contributed by atoms with E-state index in [0.717, 1.165) is 6.07 Å². The molecule has 2 aromatic rings. The first-order valence-electron chi connectivity index (χ1n) is 5.50. The third-order valence-electron chi connectivity index (χ3n) is 2.52. The van der Waals surface area contributed by atoms with Crippen LogP contribution in [-0.2, 0) is 0 Å². The monoisotopic (exact) mass is 300 g/mol. The molecule has 0 bridgehead atoms. The maximum absolute atomic E-state index is 12.3. The Bertz CT molecular complexity index is 639. The van der Waals surface area contributed by atoms with Crippen LogP contribution in [0.2, 0.25) is 5.02 Å². The van der Waals surface area contributed by atoms with Gasteiger partial charge in [0, 0.05) is 5.02 Å². The third-order valence-corrected chi connectivity index (χ3v) is 2.76. The lowest BCUT2D eigenvalue weighted by Crippen LogP contribution is -2.18. The minimum absolute atomic E-state index is 0.173. The minimum atomic E-state index is -4.86. The van der Waals surface area contributed by atoms with E-state index in [0.29, 0.717) is 22.4 Å². The van der Waals surface area contributed by atoms with E-state index in [1.165, 1.54) is 12.1 Å². The molecule has 104 valence electrons. The van der Waals surface area contributed by atoms with Crippen molar-refractivity contribution >= 4 is 17.9 Å². The standard InChI is InChI=1S/C14H8ClF3O2/c15-12-3-1-2-9(6-12)10-4-5-11(8-19)13(7-10)20-14(16,17)18/h1-8H. The molecule has 2 aromatic carbocycles. The smallest absolute Gasteiger partial charge is 0.405 e. The molecule has 0 heterocycles. The molecule has 0 unspecified atom stereocenters. The molecule has 0 aliphatic rings. The van der Waals surface area contributed by atoms with Gasteiger partial charge in [0.1, 0.15) is 5.75 Å². The summed E-state index contributed by atoms with van der Waals surface area (Å²) < 4.78 is 40.7. The van der Waals surface area contributed by atoms with Crippen LogP contribution >= 0.6 is 11.6 Å². The summed E-state index contributed by atoms with van der Waals surface area (Å²) in [5.41, 5.74) is 0.924. The van der Waals surface area contributed by atoms with E-state index in [9.17, 15) is 18.0 Å². The second kappa shape index (κ2) is 5.54. The van der Waals surface area contributed by atoms with Crippen molar-refractivity contribution in [2.45, 2.75) is 6.36 Å². The van der Waals surface area contributed by atoms with Crippen LogP contribution in [0.1, 0.15) is 10.4 Å². The van der Waals surface area contributed by atoms with E-state index in [-0.39, 0.29) is 5.56 Å². The summed E-state index contributed by atoms with van der Waals surface area (Å²) in [6, 6.07) is 10.6. The van der Waals surface area contributed by atoms with Gasteiger partial charge in [-0.25, -0.2) is 0 Å². The van der Waals surface area contributed by atoms with Crippen molar-refractivity contribution in [1.29, 1.82) is 0 Å². The van der Waals surface area contributed by atoms with Crippen LogP contribution in [0.5, 0.6) is 5.75 Å². The molecule has 20 heavy (non-hydrogen) atoms. The normalized spacial score (nSPS) is 11.2. The summed E-state index contributed by atoms with van der Waals surface area (Å²) in [7, 11) is 0.